The van der Waals surface area contributed by atoms with Crippen LogP contribution in [0.1, 0.15) is 97.5 Å². The number of carbonyl (C=O) groups excluding carboxylic acids is 1. The molecule has 1 aromatic carbocycles. The van der Waals surface area contributed by atoms with Crippen LogP contribution in [-0.4, -0.2) is 23.7 Å². The maximum atomic E-state index is 13.4. The predicted molar refractivity (Wildman–Crippen MR) is 135 cm³/mol. The molecule has 2 atom stereocenters. The maximum absolute atomic E-state index is 13.4. The van der Waals surface area contributed by atoms with Gasteiger partial charge in [-0.2, -0.15) is 0 Å². The van der Waals surface area contributed by atoms with Crippen LogP contribution in [0, 0.1) is 17.8 Å². The molecule has 0 spiro atoms. The number of hydrogen-bond donors (Lipinski definition) is 2. The predicted octanol–water partition coefficient (Wildman–Crippen LogP) is 7.05. The molecule has 3 rings (SSSR count). The van der Waals surface area contributed by atoms with Crippen LogP contribution in [0.3, 0.4) is 0 Å². The summed E-state index contributed by atoms with van der Waals surface area (Å²) in [4.78, 5) is 13.4. The number of carbonyl (C=O) groups is 1. The van der Waals surface area contributed by atoms with Gasteiger partial charge >= 0.3 is 5.97 Å². The van der Waals surface area contributed by atoms with E-state index in [1.54, 1.807) is 0 Å². The van der Waals surface area contributed by atoms with E-state index in [9.17, 15) is 9.90 Å². The van der Waals surface area contributed by atoms with Gasteiger partial charge in [-0.1, -0.05) is 77.3 Å². The Morgan fingerprint density at radius 2 is 1.70 bits per heavy atom. The van der Waals surface area contributed by atoms with Crippen LogP contribution in [0.25, 0.3) is 0 Å². The maximum Gasteiger partial charge on any atom is 0.338 e. The standard InChI is InChI=1S/C29H45NO3/c1-21(2)15-17-29(24-13-9-6-10-14-24)20-27(31)25(28(32)33-29)19-26(30-18-16-22(3)4)23-11-7-5-8-12-23/h6,9-10,13-14,21-23,26,30-31H,5,7-8,11-12,15-20H2,1-4H3. The van der Waals surface area contributed by atoms with Crippen LogP contribution < -0.4 is 5.32 Å². The molecule has 1 aromatic rings. The van der Waals surface area contributed by atoms with Gasteiger partial charge in [0.25, 0.3) is 0 Å². The summed E-state index contributed by atoms with van der Waals surface area (Å²) in [5.74, 6) is 1.59. The van der Waals surface area contributed by atoms with E-state index in [1.165, 1.54) is 32.1 Å². The first kappa shape index (κ1) is 25.8. The van der Waals surface area contributed by atoms with E-state index in [0.717, 1.165) is 31.4 Å². The van der Waals surface area contributed by atoms with Crippen molar-refractivity contribution in [3.05, 3.63) is 47.2 Å². The molecular weight excluding hydrogens is 410 g/mol. The van der Waals surface area contributed by atoms with Crippen LogP contribution in [-0.2, 0) is 15.1 Å². The lowest BCUT2D eigenvalue weighted by molar-refractivity contribution is -0.162. The molecule has 0 amide bonds. The van der Waals surface area contributed by atoms with E-state index in [2.05, 4.69) is 33.0 Å². The SMILES string of the molecule is CC(C)CCNC(CC1=C(O)CC(CCC(C)C)(c2ccccc2)OC1=O)C1CCCCC1. The van der Waals surface area contributed by atoms with Crippen molar-refractivity contribution in [1.29, 1.82) is 0 Å². The number of nitrogens with one attached hydrogen (secondary N) is 1. The lowest BCUT2D eigenvalue weighted by atomic mass is 9.78. The molecule has 1 saturated carbocycles. The van der Waals surface area contributed by atoms with Crippen molar-refractivity contribution in [1.82, 2.24) is 5.32 Å². The molecule has 0 radical (unpaired) electrons. The van der Waals surface area contributed by atoms with Crippen molar-refractivity contribution in [2.75, 3.05) is 6.54 Å². The zero-order chi connectivity index (χ0) is 23.8. The number of esters is 1. The smallest absolute Gasteiger partial charge is 0.338 e. The molecule has 0 aromatic heterocycles. The topological polar surface area (TPSA) is 58.6 Å². The Morgan fingerprint density at radius 3 is 2.30 bits per heavy atom. The van der Waals surface area contributed by atoms with E-state index in [4.69, 9.17) is 4.74 Å². The molecule has 0 saturated heterocycles. The summed E-state index contributed by atoms with van der Waals surface area (Å²) in [6, 6.07) is 10.2. The summed E-state index contributed by atoms with van der Waals surface area (Å²) >= 11 is 0. The third-order valence-electron chi connectivity index (χ3n) is 7.53. The highest BCUT2D eigenvalue weighted by Crippen LogP contribution is 2.43. The van der Waals surface area contributed by atoms with Gasteiger partial charge < -0.3 is 15.2 Å². The van der Waals surface area contributed by atoms with Gasteiger partial charge in [0.05, 0.1) is 5.57 Å². The highest BCUT2D eigenvalue weighted by molar-refractivity contribution is 5.90. The van der Waals surface area contributed by atoms with Gasteiger partial charge in [0.15, 0.2) is 0 Å². The van der Waals surface area contributed by atoms with Crippen molar-refractivity contribution in [2.45, 2.75) is 104 Å². The Hall–Kier alpha value is -1.81. The summed E-state index contributed by atoms with van der Waals surface area (Å²) in [6.07, 6.45) is 9.92. The fourth-order valence-electron chi connectivity index (χ4n) is 5.40. The Bertz CT molecular complexity index is 779. The van der Waals surface area contributed by atoms with Gasteiger partial charge in [0.1, 0.15) is 11.4 Å². The van der Waals surface area contributed by atoms with Crippen molar-refractivity contribution in [2.24, 2.45) is 17.8 Å². The molecule has 1 fully saturated rings. The van der Waals surface area contributed by atoms with Crippen LogP contribution >= 0.6 is 0 Å². The summed E-state index contributed by atoms with van der Waals surface area (Å²) < 4.78 is 6.24. The van der Waals surface area contributed by atoms with Gasteiger partial charge in [-0.25, -0.2) is 4.79 Å². The first-order valence-corrected chi connectivity index (χ1v) is 13.2. The van der Waals surface area contributed by atoms with E-state index >= 15 is 0 Å². The number of benzene rings is 1. The van der Waals surface area contributed by atoms with Crippen LogP contribution in [0.4, 0.5) is 0 Å². The van der Waals surface area contributed by atoms with Gasteiger partial charge in [0.2, 0.25) is 0 Å². The Balaban J connectivity index is 1.82. The second-order valence-electron chi connectivity index (χ2n) is 11.1. The normalized spacial score (nSPS) is 23.3. The van der Waals surface area contributed by atoms with Crippen LogP contribution in [0.15, 0.2) is 41.7 Å². The summed E-state index contributed by atoms with van der Waals surface area (Å²) in [5, 5.41) is 15.0. The van der Waals surface area contributed by atoms with Crippen molar-refractivity contribution >= 4 is 5.97 Å². The van der Waals surface area contributed by atoms with Gasteiger partial charge in [-0.15, -0.1) is 0 Å². The molecule has 1 aliphatic heterocycles. The van der Waals surface area contributed by atoms with Crippen molar-refractivity contribution < 1.29 is 14.6 Å². The van der Waals surface area contributed by atoms with Crippen LogP contribution in [0.2, 0.25) is 0 Å². The molecule has 184 valence electrons. The van der Waals surface area contributed by atoms with E-state index in [0.29, 0.717) is 36.2 Å². The molecule has 2 unspecified atom stereocenters. The largest absolute Gasteiger partial charge is 0.512 e. The number of aliphatic hydroxyl groups excluding tert-OH is 1. The summed E-state index contributed by atoms with van der Waals surface area (Å²) in [7, 11) is 0. The third kappa shape index (κ3) is 7.09. The fourth-order valence-corrected chi connectivity index (χ4v) is 5.40. The Morgan fingerprint density at radius 1 is 1.03 bits per heavy atom. The molecule has 33 heavy (non-hydrogen) atoms. The van der Waals surface area contributed by atoms with E-state index in [1.807, 2.05) is 30.3 Å². The average molecular weight is 456 g/mol. The molecule has 0 bridgehead atoms. The quantitative estimate of drug-likeness (QED) is 0.351. The number of ether oxygens (including phenoxy) is 1. The van der Waals surface area contributed by atoms with E-state index < -0.39 is 5.60 Å². The van der Waals surface area contributed by atoms with Crippen molar-refractivity contribution in [3.8, 4) is 0 Å². The summed E-state index contributed by atoms with van der Waals surface area (Å²) in [6.45, 7) is 9.79. The Labute approximate surface area is 201 Å². The van der Waals surface area contributed by atoms with Crippen LogP contribution in [0.5, 0.6) is 0 Å². The number of cyclic esters (lactones) is 1. The summed E-state index contributed by atoms with van der Waals surface area (Å²) in [5.41, 5.74) is 0.684. The molecule has 1 heterocycles. The van der Waals surface area contributed by atoms with Crippen molar-refractivity contribution in [3.63, 3.8) is 0 Å². The average Bonchev–Trinajstić information content (AvgIpc) is 2.80. The number of rotatable bonds is 11. The highest BCUT2D eigenvalue weighted by Gasteiger charge is 2.44. The molecule has 2 N–H and O–H groups in total. The number of hydrogen-bond acceptors (Lipinski definition) is 4. The molecule has 2 aliphatic rings. The second kappa shape index (κ2) is 12.1. The van der Waals surface area contributed by atoms with Gasteiger partial charge in [-0.3, -0.25) is 0 Å². The first-order valence-electron chi connectivity index (χ1n) is 13.2. The van der Waals surface area contributed by atoms with Gasteiger partial charge in [0, 0.05) is 12.5 Å². The molecule has 4 heteroatoms. The van der Waals surface area contributed by atoms with Gasteiger partial charge in [-0.05, 0) is 68.4 Å². The zero-order valence-corrected chi connectivity index (χ0v) is 21.2. The lowest BCUT2D eigenvalue weighted by Crippen LogP contribution is -2.42. The second-order valence-corrected chi connectivity index (χ2v) is 11.1. The molecular formula is C29H45NO3. The lowest BCUT2D eigenvalue weighted by Gasteiger charge is -2.39. The minimum Gasteiger partial charge on any atom is -0.512 e. The minimum atomic E-state index is -0.776. The fraction of sp³-hybridized carbons (Fsp3) is 0.690. The van der Waals surface area contributed by atoms with E-state index in [-0.39, 0.29) is 17.8 Å². The number of aliphatic hydroxyl groups is 1. The molecule has 1 aliphatic carbocycles. The Kier molecular flexibility index (Phi) is 9.43. The highest BCUT2D eigenvalue weighted by atomic mass is 16.6. The first-order chi connectivity index (χ1) is 15.8. The minimum absolute atomic E-state index is 0.216. The zero-order valence-electron chi connectivity index (χ0n) is 21.2. The monoisotopic (exact) mass is 455 g/mol. The third-order valence-corrected chi connectivity index (χ3v) is 7.53. The molecule has 4 nitrogen and oxygen atoms in total.